The first-order valence-corrected chi connectivity index (χ1v) is 5.17. The maximum atomic E-state index is 6.05. The molecule has 3 rings (SSSR count). The number of fused-ring (bicyclic) bond motifs is 5. The Morgan fingerprint density at radius 3 is 2.40 bits per heavy atom. The largest absolute Gasteiger partial charge is 0.497 e. The second kappa shape index (κ2) is 2.45. The van der Waals surface area contributed by atoms with Crippen molar-refractivity contribution in [1.82, 2.24) is 0 Å². The summed E-state index contributed by atoms with van der Waals surface area (Å²) in [6.07, 6.45) is 4.27. The molecule has 0 fully saturated rings. The topological polar surface area (TPSA) is 18.5 Å². The molecule has 0 unspecified atom stereocenters. The summed E-state index contributed by atoms with van der Waals surface area (Å²) in [6, 6.07) is 6.17. The third kappa shape index (κ3) is 0.975. The molecule has 0 aromatic heterocycles. The van der Waals surface area contributed by atoms with Crippen LogP contribution in [-0.2, 0) is 15.9 Å². The Morgan fingerprint density at radius 1 is 1.07 bits per heavy atom. The highest BCUT2D eigenvalue weighted by molar-refractivity contribution is 5.52. The van der Waals surface area contributed by atoms with Gasteiger partial charge >= 0.3 is 0 Å². The lowest BCUT2D eigenvalue weighted by atomic mass is 9.83. The zero-order valence-electron chi connectivity index (χ0n) is 9.20. The summed E-state index contributed by atoms with van der Waals surface area (Å²) in [5.74, 6) is 0.892. The van der Waals surface area contributed by atoms with Crippen molar-refractivity contribution in [2.45, 2.75) is 25.0 Å². The van der Waals surface area contributed by atoms with E-state index >= 15 is 0 Å². The Kier molecular flexibility index (Phi) is 1.47. The smallest absolute Gasteiger partial charge is 0.119 e. The Hall–Kier alpha value is -1.28. The van der Waals surface area contributed by atoms with Gasteiger partial charge < -0.3 is 9.47 Å². The van der Waals surface area contributed by atoms with Crippen molar-refractivity contribution in [1.29, 1.82) is 0 Å². The predicted molar refractivity (Wildman–Crippen MR) is 57.9 cm³/mol. The lowest BCUT2D eigenvalue weighted by Crippen LogP contribution is -2.17. The maximum absolute atomic E-state index is 6.05. The lowest BCUT2D eigenvalue weighted by Gasteiger charge is -2.18. The number of hydrogen-bond acceptors (Lipinski definition) is 2. The molecule has 0 saturated carbocycles. The monoisotopic (exact) mass is 202 g/mol. The average molecular weight is 202 g/mol. The van der Waals surface area contributed by atoms with E-state index in [1.165, 1.54) is 11.1 Å². The van der Waals surface area contributed by atoms with Crippen molar-refractivity contribution in [3.05, 3.63) is 41.5 Å². The van der Waals surface area contributed by atoms with Crippen LogP contribution in [0.15, 0.2) is 30.4 Å². The molecule has 78 valence electrons. The molecule has 0 spiro atoms. The summed E-state index contributed by atoms with van der Waals surface area (Å²) in [5.41, 5.74) is 1.98. The summed E-state index contributed by atoms with van der Waals surface area (Å²) in [7, 11) is 1.69. The minimum atomic E-state index is -0.265. The number of methoxy groups -OCH3 is 1. The molecule has 1 aromatic rings. The predicted octanol–water partition coefficient (Wildman–Crippen LogP) is 2.73. The molecule has 0 aliphatic carbocycles. The number of ether oxygens (including phenoxy) is 2. The van der Waals surface area contributed by atoms with Crippen LogP contribution >= 0.6 is 0 Å². The first-order valence-electron chi connectivity index (χ1n) is 5.17. The van der Waals surface area contributed by atoms with Crippen LogP contribution in [0.4, 0.5) is 0 Å². The summed E-state index contributed by atoms with van der Waals surface area (Å²) in [6.45, 7) is 4.20. The van der Waals surface area contributed by atoms with Crippen molar-refractivity contribution in [2.75, 3.05) is 7.11 Å². The van der Waals surface area contributed by atoms with Crippen molar-refractivity contribution in [2.24, 2.45) is 0 Å². The average Bonchev–Trinajstić information content (AvgIpc) is 2.66. The highest BCUT2D eigenvalue weighted by Gasteiger charge is 2.50. The van der Waals surface area contributed by atoms with Crippen molar-refractivity contribution >= 4 is 0 Å². The molecule has 0 N–H and O–H groups in total. The van der Waals surface area contributed by atoms with Gasteiger partial charge in [0.15, 0.2) is 0 Å². The SMILES string of the molecule is COc1ccc2c(c1)[C@@]1(C)C=C[C@]2(C)O1. The van der Waals surface area contributed by atoms with Gasteiger partial charge in [-0.1, -0.05) is 6.07 Å². The van der Waals surface area contributed by atoms with E-state index in [1.807, 2.05) is 6.07 Å². The fraction of sp³-hybridized carbons (Fsp3) is 0.385. The third-order valence-electron chi connectivity index (χ3n) is 3.44. The van der Waals surface area contributed by atoms with Crippen LogP contribution in [0.3, 0.4) is 0 Å². The number of benzene rings is 1. The van der Waals surface area contributed by atoms with E-state index in [9.17, 15) is 0 Å². The van der Waals surface area contributed by atoms with Gasteiger partial charge in [-0.25, -0.2) is 0 Å². The molecule has 2 heteroatoms. The maximum Gasteiger partial charge on any atom is 0.119 e. The first-order chi connectivity index (χ1) is 7.07. The molecule has 2 aliphatic rings. The molecular weight excluding hydrogens is 188 g/mol. The molecule has 2 aliphatic heterocycles. The van der Waals surface area contributed by atoms with E-state index in [4.69, 9.17) is 9.47 Å². The molecule has 2 atom stereocenters. The molecule has 2 nitrogen and oxygen atoms in total. The van der Waals surface area contributed by atoms with Gasteiger partial charge in [-0.3, -0.25) is 0 Å². The second-order valence-corrected chi connectivity index (χ2v) is 4.56. The summed E-state index contributed by atoms with van der Waals surface area (Å²) >= 11 is 0. The van der Waals surface area contributed by atoms with Crippen molar-refractivity contribution in [3.8, 4) is 5.75 Å². The Balaban J connectivity index is 2.24. The fourth-order valence-electron chi connectivity index (χ4n) is 2.61. The van der Waals surface area contributed by atoms with Gasteiger partial charge in [-0.15, -0.1) is 0 Å². The van der Waals surface area contributed by atoms with Gasteiger partial charge in [0.1, 0.15) is 17.0 Å². The van der Waals surface area contributed by atoms with E-state index in [2.05, 4.69) is 38.1 Å². The molecule has 0 amide bonds. The highest BCUT2D eigenvalue weighted by Crippen LogP contribution is 2.54. The first kappa shape index (κ1) is 8.98. The molecule has 2 bridgehead atoms. The van der Waals surface area contributed by atoms with Gasteiger partial charge in [0.2, 0.25) is 0 Å². The third-order valence-corrected chi connectivity index (χ3v) is 3.44. The molecule has 0 saturated heterocycles. The zero-order valence-corrected chi connectivity index (χ0v) is 9.20. The van der Waals surface area contributed by atoms with Crippen LogP contribution in [0, 0.1) is 0 Å². The van der Waals surface area contributed by atoms with E-state index in [-0.39, 0.29) is 11.2 Å². The molecule has 2 heterocycles. The normalized spacial score (nSPS) is 35.7. The Morgan fingerprint density at radius 2 is 1.73 bits per heavy atom. The van der Waals surface area contributed by atoms with Crippen LogP contribution in [0.25, 0.3) is 0 Å². The molecular formula is C13H14O2. The van der Waals surface area contributed by atoms with Crippen molar-refractivity contribution < 1.29 is 9.47 Å². The Labute approximate surface area is 89.5 Å². The van der Waals surface area contributed by atoms with Gasteiger partial charge in [0.25, 0.3) is 0 Å². The molecule has 0 radical (unpaired) electrons. The minimum absolute atomic E-state index is 0.240. The van der Waals surface area contributed by atoms with E-state index < -0.39 is 0 Å². The summed E-state index contributed by atoms with van der Waals surface area (Å²) < 4.78 is 11.3. The lowest BCUT2D eigenvalue weighted by molar-refractivity contribution is -0.0495. The van der Waals surface area contributed by atoms with Crippen LogP contribution in [0.1, 0.15) is 25.0 Å². The van der Waals surface area contributed by atoms with Crippen LogP contribution in [0.5, 0.6) is 5.75 Å². The summed E-state index contributed by atoms with van der Waals surface area (Å²) in [5, 5.41) is 0. The van der Waals surface area contributed by atoms with Gasteiger partial charge in [-0.2, -0.15) is 0 Å². The van der Waals surface area contributed by atoms with Crippen LogP contribution in [-0.4, -0.2) is 7.11 Å². The standard InChI is InChI=1S/C13H14O2/c1-12-6-7-13(2,15-12)11-8-9(14-3)4-5-10(11)12/h4-8H,1-3H3/t12-,13+/m0/s1. The van der Waals surface area contributed by atoms with Crippen LogP contribution in [0.2, 0.25) is 0 Å². The van der Waals surface area contributed by atoms with E-state index in [1.54, 1.807) is 7.11 Å². The second-order valence-electron chi connectivity index (χ2n) is 4.56. The Bertz CT molecular complexity index is 464. The van der Waals surface area contributed by atoms with Crippen LogP contribution < -0.4 is 4.74 Å². The zero-order chi connectivity index (χ0) is 10.7. The molecule has 15 heavy (non-hydrogen) atoms. The molecule has 1 aromatic carbocycles. The fourth-order valence-corrected chi connectivity index (χ4v) is 2.61. The number of rotatable bonds is 1. The number of hydrogen-bond donors (Lipinski definition) is 0. The van der Waals surface area contributed by atoms with Gasteiger partial charge in [0.05, 0.1) is 7.11 Å². The van der Waals surface area contributed by atoms with Crippen molar-refractivity contribution in [3.63, 3.8) is 0 Å². The minimum Gasteiger partial charge on any atom is -0.497 e. The highest BCUT2D eigenvalue weighted by atomic mass is 16.5. The van der Waals surface area contributed by atoms with Gasteiger partial charge in [-0.05, 0) is 49.3 Å². The summed E-state index contributed by atoms with van der Waals surface area (Å²) in [4.78, 5) is 0. The van der Waals surface area contributed by atoms with E-state index in [0.29, 0.717) is 0 Å². The quantitative estimate of drug-likeness (QED) is 0.652. The van der Waals surface area contributed by atoms with E-state index in [0.717, 1.165) is 5.75 Å². The van der Waals surface area contributed by atoms with Gasteiger partial charge in [0, 0.05) is 0 Å².